The fourth-order valence-corrected chi connectivity index (χ4v) is 3.06. The third-order valence-electron chi connectivity index (χ3n) is 4.11. The first-order chi connectivity index (χ1) is 9.47. The van der Waals surface area contributed by atoms with Gasteiger partial charge < -0.3 is 15.5 Å². The lowest BCUT2D eigenvalue weighted by Crippen LogP contribution is -2.45. The number of hydrogen-bond acceptors (Lipinski definition) is 3. The van der Waals surface area contributed by atoms with Gasteiger partial charge >= 0.3 is 0 Å². The maximum atomic E-state index is 13.5. The van der Waals surface area contributed by atoms with E-state index in [1.54, 1.807) is 12.1 Å². The van der Waals surface area contributed by atoms with Gasteiger partial charge in [0.15, 0.2) is 0 Å². The van der Waals surface area contributed by atoms with Crippen molar-refractivity contribution in [1.29, 1.82) is 0 Å². The number of nitrogens with two attached hydrogens (primary N) is 1. The van der Waals surface area contributed by atoms with E-state index in [1.165, 1.54) is 19.4 Å². The summed E-state index contributed by atoms with van der Waals surface area (Å²) in [6.45, 7) is 4.19. The van der Waals surface area contributed by atoms with Crippen LogP contribution >= 0.6 is 0 Å². The molecule has 0 bridgehead atoms. The van der Waals surface area contributed by atoms with Crippen molar-refractivity contribution in [2.75, 3.05) is 32.1 Å². The molecule has 0 aliphatic carbocycles. The van der Waals surface area contributed by atoms with E-state index in [0.29, 0.717) is 12.5 Å². The second-order valence-electron chi connectivity index (χ2n) is 6.12. The summed E-state index contributed by atoms with van der Waals surface area (Å²) in [7, 11) is 4.27. The first kappa shape index (κ1) is 15.3. The highest BCUT2D eigenvalue weighted by molar-refractivity contribution is 5.54. The Hall–Kier alpha value is -1.13. The Balaban J connectivity index is 2.21. The topological polar surface area (TPSA) is 32.5 Å². The van der Waals surface area contributed by atoms with E-state index >= 15 is 0 Å². The Kier molecular flexibility index (Phi) is 5.00. The summed E-state index contributed by atoms with van der Waals surface area (Å²) in [4.78, 5) is 4.66. The van der Waals surface area contributed by atoms with Crippen molar-refractivity contribution in [2.45, 2.75) is 38.3 Å². The monoisotopic (exact) mass is 279 g/mol. The van der Waals surface area contributed by atoms with Crippen LogP contribution in [0, 0.1) is 5.82 Å². The molecule has 0 saturated carbocycles. The maximum absolute atomic E-state index is 13.5. The molecule has 0 radical (unpaired) electrons. The molecule has 1 aliphatic heterocycles. The first-order valence-electron chi connectivity index (χ1n) is 7.42. The highest BCUT2D eigenvalue weighted by Crippen LogP contribution is 2.26. The van der Waals surface area contributed by atoms with Crippen LogP contribution in [0.3, 0.4) is 0 Å². The molecule has 1 aromatic carbocycles. The van der Waals surface area contributed by atoms with Crippen LogP contribution in [-0.4, -0.2) is 44.2 Å². The van der Waals surface area contributed by atoms with E-state index in [9.17, 15) is 4.39 Å². The summed E-state index contributed by atoms with van der Waals surface area (Å²) in [6, 6.07) is 5.59. The number of piperidine rings is 1. The number of likely N-dealkylation sites (tertiary alicyclic amines) is 1. The van der Waals surface area contributed by atoms with Gasteiger partial charge in [-0.3, -0.25) is 0 Å². The van der Waals surface area contributed by atoms with Crippen LogP contribution in [0.25, 0.3) is 0 Å². The summed E-state index contributed by atoms with van der Waals surface area (Å²) in [5.74, 6) is -0.182. The van der Waals surface area contributed by atoms with Gasteiger partial charge in [-0.25, -0.2) is 4.39 Å². The van der Waals surface area contributed by atoms with Crippen molar-refractivity contribution in [1.82, 2.24) is 4.90 Å². The molecule has 1 fully saturated rings. The molecule has 3 nitrogen and oxygen atoms in total. The highest BCUT2D eigenvalue weighted by Gasteiger charge is 2.23. The lowest BCUT2D eigenvalue weighted by Gasteiger charge is -2.38. The van der Waals surface area contributed by atoms with Crippen LogP contribution in [-0.2, 0) is 6.42 Å². The van der Waals surface area contributed by atoms with E-state index in [0.717, 1.165) is 17.8 Å². The van der Waals surface area contributed by atoms with Crippen LogP contribution < -0.4 is 10.6 Å². The van der Waals surface area contributed by atoms with E-state index in [4.69, 9.17) is 5.73 Å². The fraction of sp³-hybridized carbons (Fsp3) is 0.625. The normalized spacial score (nSPS) is 21.8. The largest absolute Gasteiger partial charge is 0.370 e. The molecule has 1 heterocycles. The van der Waals surface area contributed by atoms with Crippen molar-refractivity contribution in [3.63, 3.8) is 0 Å². The van der Waals surface area contributed by atoms with Gasteiger partial charge in [0.2, 0.25) is 0 Å². The average molecular weight is 279 g/mol. The highest BCUT2D eigenvalue weighted by atomic mass is 19.1. The molecular formula is C16H26FN3. The van der Waals surface area contributed by atoms with Gasteiger partial charge in [-0.15, -0.1) is 0 Å². The molecule has 1 aliphatic rings. The minimum atomic E-state index is -0.182. The van der Waals surface area contributed by atoms with Gasteiger partial charge in [-0.2, -0.15) is 0 Å². The van der Waals surface area contributed by atoms with Gasteiger partial charge in [-0.05, 0) is 63.5 Å². The predicted octanol–water partition coefficient (Wildman–Crippen LogP) is 2.25. The molecule has 2 unspecified atom stereocenters. The zero-order chi connectivity index (χ0) is 14.7. The summed E-state index contributed by atoms with van der Waals surface area (Å²) < 4.78 is 13.5. The number of rotatable bonds is 4. The molecule has 112 valence electrons. The number of hydrogen-bond donors (Lipinski definition) is 1. The van der Waals surface area contributed by atoms with Crippen LogP contribution in [0.1, 0.15) is 25.3 Å². The second kappa shape index (κ2) is 6.55. The van der Waals surface area contributed by atoms with E-state index in [1.807, 2.05) is 13.0 Å². The molecule has 1 saturated heterocycles. The van der Waals surface area contributed by atoms with Crippen LogP contribution in [0.2, 0.25) is 0 Å². The molecule has 2 N–H and O–H groups in total. The zero-order valence-electron chi connectivity index (χ0n) is 12.8. The summed E-state index contributed by atoms with van der Waals surface area (Å²) in [5.41, 5.74) is 8.02. The summed E-state index contributed by atoms with van der Waals surface area (Å²) in [6.07, 6.45) is 3.12. The van der Waals surface area contributed by atoms with Crippen molar-refractivity contribution in [3.8, 4) is 0 Å². The van der Waals surface area contributed by atoms with Crippen LogP contribution in [0.4, 0.5) is 10.1 Å². The van der Waals surface area contributed by atoms with Gasteiger partial charge in [0.1, 0.15) is 5.82 Å². The number of likely N-dealkylation sites (N-methyl/N-ethyl adjacent to an activating group) is 2. The molecule has 2 rings (SSSR count). The van der Waals surface area contributed by atoms with E-state index in [-0.39, 0.29) is 11.9 Å². The standard InChI is InChI=1S/C16H26FN3/c1-12(18)9-13-10-14(17)6-7-16(13)20(3)15-5-4-8-19(2)11-15/h6-7,10,12,15H,4-5,8-9,11,18H2,1-3H3. The molecule has 0 amide bonds. The molecule has 20 heavy (non-hydrogen) atoms. The first-order valence-corrected chi connectivity index (χ1v) is 7.42. The lowest BCUT2D eigenvalue weighted by molar-refractivity contribution is 0.248. The number of nitrogens with zero attached hydrogens (tertiary/aromatic N) is 2. The fourth-order valence-electron chi connectivity index (χ4n) is 3.06. The number of benzene rings is 1. The summed E-state index contributed by atoms with van der Waals surface area (Å²) in [5, 5.41) is 0. The lowest BCUT2D eigenvalue weighted by atomic mass is 10.0. The average Bonchev–Trinajstić information content (AvgIpc) is 2.37. The van der Waals surface area contributed by atoms with E-state index in [2.05, 4.69) is 23.9 Å². The second-order valence-corrected chi connectivity index (χ2v) is 6.12. The van der Waals surface area contributed by atoms with Crippen molar-refractivity contribution >= 4 is 5.69 Å². The Morgan fingerprint density at radius 2 is 2.25 bits per heavy atom. The third kappa shape index (κ3) is 3.70. The zero-order valence-corrected chi connectivity index (χ0v) is 12.8. The van der Waals surface area contributed by atoms with Gasteiger partial charge in [0.05, 0.1) is 0 Å². The molecule has 4 heteroatoms. The Morgan fingerprint density at radius 1 is 1.50 bits per heavy atom. The Morgan fingerprint density at radius 3 is 2.90 bits per heavy atom. The molecular weight excluding hydrogens is 253 g/mol. The third-order valence-corrected chi connectivity index (χ3v) is 4.11. The maximum Gasteiger partial charge on any atom is 0.123 e. The predicted molar refractivity (Wildman–Crippen MR) is 82.7 cm³/mol. The number of halogens is 1. The molecule has 1 aromatic rings. The minimum absolute atomic E-state index is 0.0398. The van der Waals surface area contributed by atoms with Crippen molar-refractivity contribution < 1.29 is 4.39 Å². The quantitative estimate of drug-likeness (QED) is 0.917. The van der Waals surface area contributed by atoms with Crippen molar-refractivity contribution in [3.05, 3.63) is 29.6 Å². The van der Waals surface area contributed by atoms with Gasteiger partial charge in [0.25, 0.3) is 0 Å². The van der Waals surface area contributed by atoms with Crippen molar-refractivity contribution in [2.24, 2.45) is 5.73 Å². The molecule has 0 aromatic heterocycles. The SMILES string of the molecule is CC(N)Cc1cc(F)ccc1N(C)C1CCCN(C)C1. The smallest absolute Gasteiger partial charge is 0.123 e. The Labute approximate surface area is 121 Å². The number of anilines is 1. The minimum Gasteiger partial charge on any atom is -0.370 e. The van der Waals surface area contributed by atoms with Gasteiger partial charge in [-0.1, -0.05) is 0 Å². The van der Waals surface area contributed by atoms with Crippen LogP contribution in [0.5, 0.6) is 0 Å². The van der Waals surface area contributed by atoms with Crippen LogP contribution in [0.15, 0.2) is 18.2 Å². The Bertz CT molecular complexity index is 447. The molecule has 2 atom stereocenters. The van der Waals surface area contributed by atoms with E-state index < -0.39 is 0 Å². The molecule has 0 spiro atoms. The summed E-state index contributed by atoms with van der Waals surface area (Å²) >= 11 is 0. The van der Waals surface area contributed by atoms with Gasteiger partial charge in [0, 0.05) is 31.4 Å².